The summed E-state index contributed by atoms with van der Waals surface area (Å²) in [5.74, 6) is 1.57. The number of aromatic amines is 1. The van der Waals surface area contributed by atoms with Gasteiger partial charge in [-0.1, -0.05) is 6.92 Å². The van der Waals surface area contributed by atoms with Crippen molar-refractivity contribution in [2.45, 2.75) is 26.2 Å². The molecule has 0 aliphatic heterocycles. The van der Waals surface area contributed by atoms with E-state index >= 15 is 0 Å². The molecule has 1 aromatic rings. The lowest BCUT2D eigenvalue weighted by atomic mass is 9.92. The van der Waals surface area contributed by atoms with Crippen molar-refractivity contribution >= 4 is 0 Å². The van der Waals surface area contributed by atoms with Crippen LogP contribution in [0.25, 0.3) is 0 Å². The summed E-state index contributed by atoms with van der Waals surface area (Å²) in [4.78, 5) is 7.38. The maximum absolute atomic E-state index is 4.22. The highest BCUT2D eigenvalue weighted by Crippen LogP contribution is 2.23. The first-order valence-electron chi connectivity index (χ1n) is 3.68. The van der Waals surface area contributed by atoms with Crippen LogP contribution in [0.5, 0.6) is 0 Å². The summed E-state index contributed by atoms with van der Waals surface area (Å²) in [7, 11) is 0. The summed E-state index contributed by atoms with van der Waals surface area (Å²) in [6, 6.07) is 0. The molecule has 10 heavy (non-hydrogen) atoms. The van der Waals surface area contributed by atoms with Gasteiger partial charge in [0.1, 0.15) is 0 Å². The maximum atomic E-state index is 4.22. The number of nitrogens with zero attached hydrogens (tertiary/aromatic N) is 1. The highest BCUT2D eigenvalue weighted by atomic mass is 14.9. The molecule has 0 spiro atoms. The summed E-state index contributed by atoms with van der Waals surface area (Å²) in [6.07, 6.45) is 5.25. The van der Waals surface area contributed by atoms with Gasteiger partial charge in [-0.25, -0.2) is 4.98 Å². The first-order valence-corrected chi connectivity index (χ1v) is 3.68. The number of hydrogen-bond donors (Lipinski definition) is 1. The van der Waals surface area contributed by atoms with Gasteiger partial charge in [0.25, 0.3) is 0 Å². The van der Waals surface area contributed by atoms with Gasteiger partial charge in [-0.2, -0.15) is 0 Å². The second-order valence-electron chi connectivity index (χ2n) is 2.96. The normalized spacial score (nSPS) is 18.9. The van der Waals surface area contributed by atoms with Gasteiger partial charge in [-0.05, 0) is 25.2 Å². The number of H-pyrrole nitrogens is 1. The molecule has 0 aromatic carbocycles. The van der Waals surface area contributed by atoms with Crippen molar-refractivity contribution in [2.75, 3.05) is 0 Å². The van der Waals surface area contributed by atoms with Gasteiger partial charge in [0, 0.05) is 5.69 Å². The molecule has 0 saturated carbocycles. The van der Waals surface area contributed by atoms with Crippen LogP contribution in [0.2, 0.25) is 0 Å². The Bertz CT molecular complexity index is 227. The monoisotopic (exact) mass is 135 g/mol. The Kier molecular flexibility index (Phi) is 1.26. The van der Waals surface area contributed by atoms with Crippen LogP contribution in [0, 0.1) is 5.92 Å². The van der Waals surface area contributed by atoms with Crippen LogP contribution in [0.3, 0.4) is 0 Å². The number of imidazole rings is 1. The molecule has 0 amide bonds. The molecule has 0 saturated heterocycles. The van der Waals surface area contributed by atoms with Crippen molar-refractivity contribution in [3.8, 4) is 0 Å². The Morgan fingerprint density at radius 1 is 1.50 bits per heavy atom. The molecule has 2 rings (SSSR count). The molecular weight excluding hydrogens is 124 g/mol. The number of hydrogen-bond acceptors (Lipinski definition) is 1. The Balaban J connectivity index is 2.30. The predicted octanol–water partition coefficient (Wildman–Crippen LogP) is 1.49. The third-order valence-electron chi connectivity index (χ3n) is 2.07. The fraction of sp³-hybridized carbons (Fsp3) is 0.500. The van der Waals surface area contributed by atoms with Gasteiger partial charge in [0.05, 0.1) is 12.0 Å². The molecule has 2 heteroatoms. The van der Waals surface area contributed by atoms with Gasteiger partial charge >= 0.3 is 0 Å². The summed E-state index contributed by atoms with van der Waals surface area (Å²) in [5.41, 5.74) is 2.59. The molecule has 1 aliphatic rings. The summed E-state index contributed by atoms with van der Waals surface area (Å²) >= 11 is 0. The molecule has 0 atom stereocenters. The zero-order valence-corrected chi connectivity index (χ0v) is 6.15. The zero-order chi connectivity index (χ0) is 6.97. The average Bonchev–Trinajstić information content (AvgIpc) is 2.33. The van der Waals surface area contributed by atoms with Gasteiger partial charge in [0.15, 0.2) is 0 Å². The minimum absolute atomic E-state index is 1.11. The molecular formula is C8H11N2. The lowest BCUT2D eigenvalue weighted by molar-refractivity contribution is 0.708. The van der Waals surface area contributed by atoms with Crippen LogP contribution >= 0.6 is 0 Å². The zero-order valence-electron chi connectivity index (χ0n) is 6.15. The highest BCUT2D eigenvalue weighted by molar-refractivity contribution is 5.20. The van der Waals surface area contributed by atoms with E-state index in [1.807, 2.05) is 0 Å². The van der Waals surface area contributed by atoms with E-state index in [0.717, 1.165) is 12.8 Å². The molecule has 1 N–H and O–H groups in total. The number of rotatable bonds is 0. The second kappa shape index (κ2) is 2.11. The van der Waals surface area contributed by atoms with Gasteiger partial charge in [0.2, 0.25) is 0 Å². The van der Waals surface area contributed by atoms with E-state index in [1.165, 1.54) is 17.8 Å². The number of aryl methyl sites for hydroxylation is 1. The molecule has 0 fully saturated rings. The topological polar surface area (TPSA) is 28.7 Å². The number of fused-ring (bicyclic) bond motifs is 1. The third-order valence-corrected chi connectivity index (χ3v) is 2.07. The molecule has 53 valence electrons. The van der Waals surface area contributed by atoms with Crippen LogP contribution in [0.4, 0.5) is 0 Å². The van der Waals surface area contributed by atoms with Crippen molar-refractivity contribution in [2.24, 2.45) is 0 Å². The van der Waals surface area contributed by atoms with Crippen LogP contribution < -0.4 is 0 Å². The standard InChI is InChI=1S/C8H11N2/c1-6-2-3-7-8(4-6)10-5-9-7/h5H,2-4H2,1H3,(H,9,10). The van der Waals surface area contributed by atoms with Crippen molar-refractivity contribution in [3.05, 3.63) is 23.6 Å². The summed E-state index contributed by atoms with van der Waals surface area (Å²) in [5, 5.41) is 0. The SMILES string of the molecule is C[C]1CCc2nc[nH]c2C1. The lowest BCUT2D eigenvalue weighted by Crippen LogP contribution is -2.08. The van der Waals surface area contributed by atoms with E-state index in [4.69, 9.17) is 0 Å². The van der Waals surface area contributed by atoms with E-state index in [1.54, 1.807) is 12.2 Å². The van der Waals surface area contributed by atoms with E-state index in [-0.39, 0.29) is 0 Å². The summed E-state index contributed by atoms with van der Waals surface area (Å²) < 4.78 is 0. The van der Waals surface area contributed by atoms with Gasteiger partial charge in [-0.3, -0.25) is 0 Å². The van der Waals surface area contributed by atoms with Crippen molar-refractivity contribution in [3.63, 3.8) is 0 Å². The van der Waals surface area contributed by atoms with Crippen molar-refractivity contribution in [1.82, 2.24) is 9.97 Å². The Morgan fingerprint density at radius 2 is 2.40 bits per heavy atom. The fourth-order valence-corrected chi connectivity index (χ4v) is 1.44. The first-order chi connectivity index (χ1) is 4.86. The van der Waals surface area contributed by atoms with Crippen LogP contribution in [0.1, 0.15) is 24.7 Å². The molecule has 2 nitrogen and oxygen atoms in total. The van der Waals surface area contributed by atoms with E-state index in [2.05, 4.69) is 16.9 Å². The maximum Gasteiger partial charge on any atom is 0.0925 e. The minimum atomic E-state index is 1.11. The highest BCUT2D eigenvalue weighted by Gasteiger charge is 2.16. The molecule has 0 unspecified atom stereocenters. The summed E-state index contributed by atoms with van der Waals surface area (Å²) in [6.45, 7) is 2.21. The second-order valence-corrected chi connectivity index (χ2v) is 2.96. The van der Waals surface area contributed by atoms with E-state index in [9.17, 15) is 0 Å². The van der Waals surface area contributed by atoms with Gasteiger partial charge in [-0.15, -0.1) is 0 Å². The van der Waals surface area contributed by atoms with Crippen LogP contribution in [0.15, 0.2) is 6.33 Å². The van der Waals surface area contributed by atoms with Crippen LogP contribution in [-0.4, -0.2) is 9.97 Å². The number of aromatic nitrogens is 2. The Labute approximate surface area is 60.7 Å². The largest absolute Gasteiger partial charge is 0.348 e. The van der Waals surface area contributed by atoms with E-state index in [0.29, 0.717) is 0 Å². The molecule has 1 aliphatic carbocycles. The predicted molar refractivity (Wildman–Crippen MR) is 39.5 cm³/mol. The van der Waals surface area contributed by atoms with Crippen LogP contribution in [-0.2, 0) is 12.8 Å². The molecule has 1 radical (unpaired) electrons. The Morgan fingerprint density at radius 3 is 3.30 bits per heavy atom. The van der Waals surface area contributed by atoms with Gasteiger partial charge < -0.3 is 4.98 Å². The number of nitrogens with one attached hydrogen (secondary N) is 1. The smallest absolute Gasteiger partial charge is 0.0925 e. The average molecular weight is 135 g/mol. The minimum Gasteiger partial charge on any atom is -0.348 e. The Hall–Kier alpha value is -0.790. The van der Waals surface area contributed by atoms with E-state index < -0.39 is 0 Å². The quantitative estimate of drug-likeness (QED) is 0.573. The third kappa shape index (κ3) is 0.838. The van der Waals surface area contributed by atoms with Crippen molar-refractivity contribution < 1.29 is 0 Å². The first kappa shape index (κ1) is 5.96. The molecule has 1 aromatic heterocycles. The fourth-order valence-electron chi connectivity index (χ4n) is 1.44. The lowest BCUT2D eigenvalue weighted by Gasteiger charge is -2.15. The molecule has 1 heterocycles. The molecule has 0 bridgehead atoms. The van der Waals surface area contributed by atoms with Crippen molar-refractivity contribution in [1.29, 1.82) is 0 Å².